The van der Waals surface area contributed by atoms with Crippen LogP contribution in [0, 0.1) is 0 Å². The van der Waals surface area contributed by atoms with Gasteiger partial charge in [-0.25, -0.2) is 0 Å². The molecule has 0 saturated carbocycles. The van der Waals surface area contributed by atoms with Crippen molar-refractivity contribution in [3.63, 3.8) is 0 Å². The van der Waals surface area contributed by atoms with E-state index in [0.717, 1.165) is 36.3 Å². The molecule has 0 spiro atoms. The number of benzene rings is 5. The van der Waals surface area contributed by atoms with Gasteiger partial charge in [-0.3, -0.25) is 0 Å². The number of anilines is 2. The van der Waals surface area contributed by atoms with Crippen molar-refractivity contribution in [3.05, 3.63) is 217 Å². The van der Waals surface area contributed by atoms with Gasteiger partial charge in [0.2, 0.25) is 0 Å². The van der Waals surface area contributed by atoms with Crippen LogP contribution in [0.1, 0.15) is 31.7 Å². The standard InChI is InChI=1S/C50H42N2/c1-4-15-42(5-2)51(43-30-26-38(27-31-43)37-16-7-6-8-17-37)44-32-28-39(29-33-44)40-24-25-41(35-36(3)34-40)45-18-9-12-21-48(45)52-49-22-13-10-19-46(49)47-20-11-14-23-50(47)52/h4-8,10-17,19-33,35H,1-2,9,18,34H2,3H3/b42-15+. The summed E-state index contributed by atoms with van der Waals surface area (Å²) in [6.07, 6.45) is 20.4. The highest BCUT2D eigenvalue weighted by Crippen LogP contribution is 2.39. The molecule has 0 N–H and O–H groups in total. The second kappa shape index (κ2) is 14.5. The molecular weight excluding hydrogens is 629 g/mol. The van der Waals surface area contributed by atoms with E-state index in [-0.39, 0.29) is 0 Å². The fraction of sp³-hybridized carbons (Fsp3) is 0.0800. The first-order valence-corrected chi connectivity index (χ1v) is 18.1. The molecule has 0 radical (unpaired) electrons. The molecular formula is C50H42N2. The second-order valence-electron chi connectivity index (χ2n) is 13.5. The Kier molecular flexibility index (Phi) is 9.12. The molecule has 52 heavy (non-hydrogen) atoms. The average Bonchev–Trinajstić information content (AvgIpc) is 3.40. The summed E-state index contributed by atoms with van der Waals surface area (Å²) in [6, 6.07) is 45.7. The van der Waals surface area contributed by atoms with E-state index in [1.54, 1.807) is 0 Å². The minimum Gasteiger partial charge on any atom is -0.311 e. The molecule has 0 fully saturated rings. The van der Waals surface area contributed by atoms with Gasteiger partial charge in [0.1, 0.15) is 0 Å². The molecule has 6 aromatic rings. The normalized spacial score (nSPS) is 14.9. The third-order valence-corrected chi connectivity index (χ3v) is 10.1. The molecule has 0 amide bonds. The smallest absolute Gasteiger partial charge is 0.0541 e. The maximum Gasteiger partial charge on any atom is 0.0541 e. The number of hydrogen-bond donors (Lipinski definition) is 0. The summed E-state index contributed by atoms with van der Waals surface area (Å²) in [5.41, 5.74) is 15.8. The van der Waals surface area contributed by atoms with Crippen molar-refractivity contribution in [1.29, 1.82) is 0 Å². The van der Waals surface area contributed by atoms with Gasteiger partial charge in [-0.15, -0.1) is 0 Å². The molecule has 1 heterocycles. The van der Waals surface area contributed by atoms with Crippen LogP contribution in [0.4, 0.5) is 11.4 Å². The van der Waals surface area contributed by atoms with Gasteiger partial charge in [-0.1, -0.05) is 140 Å². The Hall–Kier alpha value is -6.38. The molecule has 2 aliphatic rings. The fourth-order valence-corrected chi connectivity index (χ4v) is 7.70. The first-order chi connectivity index (χ1) is 25.6. The average molecular weight is 671 g/mol. The van der Waals surface area contributed by atoms with E-state index in [4.69, 9.17) is 0 Å². The third-order valence-electron chi connectivity index (χ3n) is 10.1. The van der Waals surface area contributed by atoms with Gasteiger partial charge < -0.3 is 9.47 Å². The minimum atomic E-state index is 0.895. The summed E-state index contributed by atoms with van der Waals surface area (Å²) in [7, 11) is 0. The zero-order chi connectivity index (χ0) is 35.4. The first-order valence-electron chi connectivity index (χ1n) is 18.1. The van der Waals surface area contributed by atoms with E-state index in [0.29, 0.717) is 0 Å². The summed E-state index contributed by atoms with van der Waals surface area (Å²) >= 11 is 0. The van der Waals surface area contributed by atoms with Crippen LogP contribution >= 0.6 is 0 Å². The molecule has 0 unspecified atom stereocenters. The molecule has 1 aromatic heterocycles. The van der Waals surface area contributed by atoms with E-state index < -0.39 is 0 Å². The highest BCUT2D eigenvalue weighted by Gasteiger charge is 2.20. The van der Waals surface area contributed by atoms with Crippen molar-refractivity contribution >= 4 is 44.5 Å². The number of fused-ring (bicyclic) bond motifs is 3. The van der Waals surface area contributed by atoms with Crippen molar-refractivity contribution in [3.8, 4) is 11.1 Å². The zero-order valence-electron chi connectivity index (χ0n) is 29.7. The largest absolute Gasteiger partial charge is 0.311 e. The Bertz CT molecular complexity index is 2440. The monoisotopic (exact) mass is 670 g/mol. The molecule has 0 bridgehead atoms. The summed E-state index contributed by atoms with van der Waals surface area (Å²) in [4.78, 5) is 2.23. The lowest BCUT2D eigenvalue weighted by atomic mass is 9.93. The van der Waals surface area contributed by atoms with Crippen molar-refractivity contribution in [2.24, 2.45) is 0 Å². The Morgan fingerprint density at radius 1 is 0.673 bits per heavy atom. The van der Waals surface area contributed by atoms with Crippen LogP contribution in [-0.2, 0) is 0 Å². The highest BCUT2D eigenvalue weighted by molar-refractivity contribution is 6.10. The maximum atomic E-state index is 4.13. The first kappa shape index (κ1) is 32.8. The molecule has 252 valence electrons. The van der Waals surface area contributed by atoms with Crippen LogP contribution in [0.5, 0.6) is 0 Å². The summed E-state index contributed by atoms with van der Waals surface area (Å²) in [5, 5.41) is 2.58. The highest BCUT2D eigenvalue weighted by atomic mass is 15.1. The van der Waals surface area contributed by atoms with Crippen molar-refractivity contribution in [1.82, 2.24) is 4.57 Å². The summed E-state index contributed by atoms with van der Waals surface area (Å²) in [5.74, 6) is 0. The van der Waals surface area contributed by atoms with Gasteiger partial charge >= 0.3 is 0 Å². The minimum absolute atomic E-state index is 0.895. The van der Waals surface area contributed by atoms with Crippen LogP contribution in [0.3, 0.4) is 0 Å². The van der Waals surface area contributed by atoms with E-state index in [1.807, 2.05) is 24.3 Å². The molecule has 0 saturated heterocycles. The Morgan fingerprint density at radius 2 is 1.27 bits per heavy atom. The van der Waals surface area contributed by atoms with Crippen LogP contribution in [0.25, 0.3) is 44.2 Å². The molecule has 8 rings (SSSR count). The molecule has 2 nitrogen and oxygen atoms in total. The van der Waals surface area contributed by atoms with Gasteiger partial charge in [0, 0.05) is 33.5 Å². The number of hydrogen-bond acceptors (Lipinski definition) is 1. The van der Waals surface area contributed by atoms with Gasteiger partial charge in [-0.05, 0) is 114 Å². The van der Waals surface area contributed by atoms with Gasteiger partial charge in [0.25, 0.3) is 0 Å². The topological polar surface area (TPSA) is 8.17 Å². The number of allylic oxidation sites excluding steroid dienone is 13. The lowest BCUT2D eigenvalue weighted by molar-refractivity contribution is 0.961. The quantitative estimate of drug-likeness (QED) is 0.139. The van der Waals surface area contributed by atoms with Crippen LogP contribution < -0.4 is 4.90 Å². The van der Waals surface area contributed by atoms with E-state index >= 15 is 0 Å². The number of para-hydroxylation sites is 2. The number of nitrogens with zero attached hydrogens (tertiary/aromatic N) is 2. The number of rotatable bonds is 9. The van der Waals surface area contributed by atoms with Crippen LogP contribution in [0.15, 0.2) is 212 Å². The Balaban J connectivity index is 1.15. The van der Waals surface area contributed by atoms with E-state index in [9.17, 15) is 0 Å². The van der Waals surface area contributed by atoms with Gasteiger partial charge in [0.05, 0.1) is 11.0 Å². The lowest BCUT2D eigenvalue weighted by Gasteiger charge is -2.26. The maximum absolute atomic E-state index is 4.13. The summed E-state index contributed by atoms with van der Waals surface area (Å²) < 4.78 is 2.47. The summed E-state index contributed by atoms with van der Waals surface area (Å²) in [6.45, 7) is 10.4. The van der Waals surface area contributed by atoms with E-state index in [2.05, 4.69) is 181 Å². The molecule has 0 atom stereocenters. The van der Waals surface area contributed by atoms with Crippen molar-refractivity contribution in [2.45, 2.75) is 26.2 Å². The van der Waals surface area contributed by atoms with Crippen molar-refractivity contribution < 1.29 is 0 Å². The lowest BCUT2D eigenvalue weighted by Crippen LogP contribution is -2.15. The Morgan fingerprint density at radius 3 is 1.90 bits per heavy atom. The SMILES string of the molecule is C=C/C=C(\C=C)N(c1ccc(C2=CC=C(C3=C(n4c5ccccc5c5ccccc54)C=CCC3)C=C(C)C2)cc1)c1ccc(-c2ccccc2)cc1. The second-order valence-corrected chi connectivity index (χ2v) is 13.5. The Labute approximate surface area is 307 Å². The van der Waals surface area contributed by atoms with E-state index in [1.165, 1.54) is 66.5 Å². The van der Waals surface area contributed by atoms with Gasteiger partial charge in [0.15, 0.2) is 0 Å². The molecule has 0 aliphatic heterocycles. The fourth-order valence-electron chi connectivity index (χ4n) is 7.70. The molecule has 5 aromatic carbocycles. The predicted molar refractivity (Wildman–Crippen MR) is 224 cm³/mol. The zero-order valence-corrected chi connectivity index (χ0v) is 29.7. The predicted octanol–water partition coefficient (Wildman–Crippen LogP) is 13.8. The van der Waals surface area contributed by atoms with Gasteiger partial charge in [-0.2, -0.15) is 0 Å². The number of aromatic nitrogens is 1. The molecule has 2 aliphatic carbocycles. The molecule has 2 heteroatoms. The van der Waals surface area contributed by atoms with Crippen LogP contribution in [-0.4, -0.2) is 4.57 Å². The third kappa shape index (κ3) is 6.25. The van der Waals surface area contributed by atoms with Crippen LogP contribution in [0.2, 0.25) is 0 Å². The van der Waals surface area contributed by atoms with Crippen molar-refractivity contribution in [2.75, 3.05) is 4.90 Å².